The summed E-state index contributed by atoms with van der Waals surface area (Å²) in [5, 5.41) is 3.65. The van der Waals surface area contributed by atoms with E-state index in [1.165, 1.54) is 45.2 Å². The minimum absolute atomic E-state index is 0.797. The second-order valence-electron chi connectivity index (χ2n) is 4.25. The van der Waals surface area contributed by atoms with Gasteiger partial charge >= 0.3 is 0 Å². The SMILES string of the molecule is CN1CCCC1C1CCCCN1. The van der Waals surface area contributed by atoms with Crippen molar-refractivity contribution in [3.63, 3.8) is 0 Å². The van der Waals surface area contributed by atoms with Crippen molar-refractivity contribution in [3.8, 4) is 0 Å². The van der Waals surface area contributed by atoms with Gasteiger partial charge in [-0.2, -0.15) is 0 Å². The van der Waals surface area contributed by atoms with E-state index >= 15 is 0 Å². The van der Waals surface area contributed by atoms with Gasteiger partial charge in [-0.15, -0.1) is 0 Å². The lowest BCUT2D eigenvalue weighted by Crippen LogP contribution is -2.47. The van der Waals surface area contributed by atoms with Crippen LogP contribution in [-0.4, -0.2) is 37.1 Å². The van der Waals surface area contributed by atoms with Crippen LogP contribution in [0.1, 0.15) is 32.1 Å². The van der Waals surface area contributed by atoms with Gasteiger partial charge in [-0.05, 0) is 45.8 Å². The van der Waals surface area contributed by atoms with Crippen LogP contribution in [0.3, 0.4) is 0 Å². The molecule has 0 aromatic rings. The van der Waals surface area contributed by atoms with Crippen molar-refractivity contribution in [2.24, 2.45) is 0 Å². The Morgan fingerprint density at radius 2 is 2.08 bits per heavy atom. The van der Waals surface area contributed by atoms with Crippen LogP contribution in [0.15, 0.2) is 0 Å². The largest absolute Gasteiger partial charge is 0.312 e. The van der Waals surface area contributed by atoms with Gasteiger partial charge in [-0.25, -0.2) is 0 Å². The van der Waals surface area contributed by atoms with E-state index in [-0.39, 0.29) is 0 Å². The maximum Gasteiger partial charge on any atom is 0.0246 e. The van der Waals surface area contributed by atoms with Crippen molar-refractivity contribution < 1.29 is 0 Å². The van der Waals surface area contributed by atoms with Crippen LogP contribution in [0, 0.1) is 0 Å². The summed E-state index contributed by atoms with van der Waals surface area (Å²) in [6, 6.07) is 1.64. The molecule has 2 heterocycles. The van der Waals surface area contributed by atoms with Crippen LogP contribution in [0.25, 0.3) is 0 Å². The van der Waals surface area contributed by atoms with Crippen LogP contribution in [0.5, 0.6) is 0 Å². The summed E-state index contributed by atoms with van der Waals surface area (Å²) in [5.41, 5.74) is 0. The van der Waals surface area contributed by atoms with Crippen LogP contribution >= 0.6 is 0 Å². The molecule has 2 heteroatoms. The van der Waals surface area contributed by atoms with E-state index in [0.717, 1.165) is 12.1 Å². The number of nitrogens with one attached hydrogen (secondary N) is 1. The van der Waals surface area contributed by atoms with Crippen LogP contribution in [-0.2, 0) is 0 Å². The van der Waals surface area contributed by atoms with Gasteiger partial charge in [0.05, 0.1) is 0 Å². The quantitative estimate of drug-likeness (QED) is 0.633. The second kappa shape index (κ2) is 3.75. The smallest absolute Gasteiger partial charge is 0.0246 e. The zero-order valence-corrected chi connectivity index (χ0v) is 8.05. The molecule has 2 nitrogen and oxygen atoms in total. The Morgan fingerprint density at radius 1 is 1.17 bits per heavy atom. The molecule has 0 spiro atoms. The highest BCUT2D eigenvalue weighted by Crippen LogP contribution is 2.22. The maximum atomic E-state index is 3.65. The molecule has 2 rings (SSSR count). The summed E-state index contributed by atoms with van der Waals surface area (Å²) in [4.78, 5) is 2.53. The number of piperidine rings is 1. The van der Waals surface area contributed by atoms with Crippen molar-refractivity contribution in [1.82, 2.24) is 10.2 Å². The number of likely N-dealkylation sites (tertiary alicyclic amines) is 1. The molecule has 70 valence electrons. The summed E-state index contributed by atoms with van der Waals surface area (Å²) in [6.07, 6.45) is 7.03. The van der Waals surface area contributed by atoms with Gasteiger partial charge in [0.2, 0.25) is 0 Å². The van der Waals surface area contributed by atoms with Gasteiger partial charge < -0.3 is 10.2 Å². The highest BCUT2D eigenvalue weighted by molar-refractivity contribution is 4.89. The average molecular weight is 168 g/mol. The third-order valence-electron chi connectivity index (χ3n) is 3.39. The Kier molecular flexibility index (Phi) is 2.66. The summed E-state index contributed by atoms with van der Waals surface area (Å²) < 4.78 is 0. The molecule has 2 atom stereocenters. The molecule has 0 radical (unpaired) electrons. The topological polar surface area (TPSA) is 15.3 Å². The molecule has 2 unspecified atom stereocenters. The van der Waals surface area contributed by atoms with E-state index in [2.05, 4.69) is 17.3 Å². The molecular formula is C10H20N2. The maximum absolute atomic E-state index is 3.65. The Morgan fingerprint density at radius 3 is 2.67 bits per heavy atom. The highest BCUT2D eigenvalue weighted by Gasteiger charge is 2.29. The predicted molar refractivity (Wildman–Crippen MR) is 51.3 cm³/mol. The molecule has 2 fully saturated rings. The van der Waals surface area contributed by atoms with E-state index in [0.29, 0.717) is 0 Å². The van der Waals surface area contributed by atoms with Gasteiger partial charge in [-0.3, -0.25) is 0 Å². The Hall–Kier alpha value is -0.0800. The first kappa shape index (κ1) is 8.52. The van der Waals surface area contributed by atoms with Crippen LogP contribution < -0.4 is 5.32 Å². The van der Waals surface area contributed by atoms with E-state index in [4.69, 9.17) is 0 Å². The molecule has 0 bridgehead atoms. The van der Waals surface area contributed by atoms with Crippen molar-refractivity contribution in [3.05, 3.63) is 0 Å². The molecule has 0 amide bonds. The fourth-order valence-electron chi connectivity index (χ4n) is 2.65. The fraction of sp³-hybridized carbons (Fsp3) is 1.00. The fourth-order valence-corrected chi connectivity index (χ4v) is 2.65. The minimum Gasteiger partial charge on any atom is -0.312 e. The predicted octanol–water partition coefficient (Wildman–Crippen LogP) is 1.22. The lowest BCUT2D eigenvalue weighted by molar-refractivity contribution is 0.218. The summed E-state index contributed by atoms with van der Waals surface area (Å²) in [5.74, 6) is 0. The Bertz CT molecular complexity index is 141. The normalized spacial score (nSPS) is 38.8. The van der Waals surface area contributed by atoms with Crippen LogP contribution in [0.4, 0.5) is 0 Å². The highest BCUT2D eigenvalue weighted by atomic mass is 15.2. The van der Waals surface area contributed by atoms with E-state index in [9.17, 15) is 0 Å². The standard InChI is InChI=1S/C10H20N2/c1-12-8-4-6-10(12)9-5-2-3-7-11-9/h9-11H,2-8H2,1H3. The molecule has 0 aliphatic carbocycles. The van der Waals surface area contributed by atoms with Gasteiger partial charge in [0.25, 0.3) is 0 Å². The molecule has 2 aliphatic heterocycles. The van der Waals surface area contributed by atoms with E-state index in [1.54, 1.807) is 0 Å². The number of hydrogen-bond acceptors (Lipinski definition) is 2. The summed E-state index contributed by atoms with van der Waals surface area (Å²) in [7, 11) is 2.27. The zero-order chi connectivity index (χ0) is 8.39. The lowest BCUT2D eigenvalue weighted by atomic mass is 9.96. The Labute approximate surface area is 75.3 Å². The first-order valence-corrected chi connectivity index (χ1v) is 5.31. The molecule has 2 aliphatic rings. The molecule has 0 aromatic heterocycles. The monoisotopic (exact) mass is 168 g/mol. The van der Waals surface area contributed by atoms with Crippen molar-refractivity contribution >= 4 is 0 Å². The number of hydrogen-bond donors (Lipinski definition) is 1. The molecule has 12 heavy (non-hydrogen) atoms. The number of likely N-dealkylation sites (N-methyl/N-ethyl adjacent to an activating group) is 1. The van der Waals surface area contributed by atoms with Crippen molar-refractivity contribution in [1.29, 1.82) is 0 Å². The van der Waals surface area contributed by atoms with Gasteiger partial charge in [-0.1, -0.05) is 6.42 Å². The molecule has 0 aromatic carbocycles. The van der Waals surface area contributed by atoms with Crippen molar-refractivity contribution in [2.75, 3.05) is 20.1 Å². The van der Waals surface area contributed by atoms with Crippen LogP contribution in [0.2, 0.25) is 0 Å². The van der Waals surface area contributed by atoms with Gasteiger partial charge in [0, 0.05) is 12.1 Å². The third-order valence-corrected chi connectivity index (χ3v) is 3.39. The molecule has 2 saturated heterocycles. The van der Waals surface area contributed by atoms with E-state index in [1.807, 2.05) is 0 Å². The van der Waals surface area contributed by atoms with Crippen molar-refractivity contribution in [2.45, 2.75) is 44.2 Å². The second-order valence-corrected chi connectivity index (χ2v) is 4.25. The van der Waals surface area contributed by atoms with E-state index < -0.39 is 0 Å². The average Bonchev–Trinajstić information content (AvgIpc) is 2.53. The number of nitrogens with zero attached hydrogens (tertiary/aromatic N) is 1. The molecule has 1 N–H and O–H groups in total. The minimum atomic E-state index is 0.797. The first-order valence-electron chi connectivity index (χ1n) is 5.31. The van der Waals surface area contributed by atoms with Gasteiger partial charge in [0.15, 0.2) is 0 Å². The van der Waals surface area contributed by atoms with Gasteiger partial charge in [0.1, 0.15) is 0 Å². The lowest BCUT2D eigenvalue weighted by Gasteiger charge is -2.32. The summed E-state index contributed by atoms with van der Waals surface area (Å²) >= 11 is 0. The summed E-state index contributed by atoms with van der Waals surface area (Å²) in [6.45, 7) is 2.55. The number of rotatable bonds is 1. The molecule has 0 saturated carbocycles. The Balaban J connectivity index is 1.89. The molecular weight excluding hydrogens is 148 g/mol. The first-order chi connectivity index (χ1) is 5.88. The zero-order valence-electron chi connectivity index (χ0n) is 8.05. The third kappa shape index (κ3) is 1.64.